The summed E-state index contributed by atoms with van der Waals surface area (Å²) in [5, 5.41) is 3.02. The smallest absolute Gasteiger partial charge is 0.325 e. The Labute approximate surface area is 98.5 Å². The molecule has 0 unspecified atom stereocenters. The number of hydrogen-bond acceptors (Lipinski definition) is 3. The molecule has 86 valence electrons. The first-order chi connectivity index (χ1) is 7.54. The van der Waals surface area contributed by atoms with Crippen LogP contribution in [-0.4, -0.2) is 25.5 Å². The first-order valence-corrected chi connectivity index (χ1v) is 5.03. The van der Waals surface area contributed by atoms with Gasteiger partial charge < -0.3 is 10.1 Å². The molecule has 1 aromatic carbocycles. The number of carbonyl (C=O) groups is 2. The van der Waals surface area contributed by atoms with Gasteiger partial charge in [0.25, 0.3) is 5.91 Å². The van der Waals surface area contributed by atoms with E-state index in [1.807, 2.05) is 0 Å². The lowest BCUT2D eigenvalue weighted by atomic mass is 10.1. The van der Waals surface area contributed by atoms with Crippen molar-refractivity contribution in [2.75, 3.05) is 13.7 Å². The molecule has 16 heavy (non-hydrogen) atoms. The summed E-state index contributed by atoms with van der Waals surface area (Å²) in [6, 6.07) is 4.93. The Morgan fingerprint density at radius 3 is 2.69 bits per heavy atom. The van der Waals surface area contributed by atoms with Crippen LogP contribution < -0.4 is 5.32 Å². The van der Waals surface area contributed by atoms with Gasteiger partial charge in [-0.3, -0.25) is 9.59 Å². The van der Waals surface area contributed by atoms with Crippen molar-refractivity contribution in [1.29, 1.82) is 0 Å². The summed E-state index contributed by atoms with van der Waals surface area (Å²) in [7, 11) is 1.27. The molecule has 4 nitrogen and oxygen atoms in total. The van der Waals surface area contributed by atoms with E-state index in [2.05, 4.69) is 10.1 Å². The van der Waals surface area contributed by atoms with E-state index in [9.17, 15) is 9.59 Å². The van der Waals surface area contributed by atoms with Crippen LogP contribution in [0, 0.1) is 6.92 Å². The van der Waals surface area contributed by atoms with Gasteiger partial charge >= 0.3 is 5.97 Å². The highest BCUT2D eigenvalue weighted by molar-refractivity contribution is 6.30. The molecule has 1 rings (SSSR count). The SMILES string of the molecule is COC(=O)CNC(=O)c1ccc(Cl)cc1C. The normalized spacial score (nSPS) is 9.69. The molecule has 0 aliphatic rings. The second-order valence-electron chi connectivity index (χ2n) is 3.22. The van der Waals surface area contributed by atoms with Crippen LogP contribution in [0.2, 0.25) is 5.02 Å². The largest absolute Gasteiger partial charge is 0.468 e. The lowest BCUT2D eigenvalue weighted by molar-refractivity contribution is -0.139. The van der Waals surface area contributed by atoms with Crippen LogP contribution in [0.15, 0.2) is 18.2 Å². The van der Waals surface area contributed by atoms with Gasteiger partial charge in [0.1, 0.15) is 6.54 Å². The van der Waals surface area contributed by atoms with Crippen molar-refractivity contribution in [3.8, 4) is 0 Å². The molecule has 0 bridgehead atoms. The summed E-state index contributed by atoms with van der Waals surface area (Å²) in [6.07, 6.45) is 0. The second-order valence-corrected chi connectivity index (χ2v) is 3.65. The van der Waals surface area contributed by atoms with E-state index in [0.717, 1.165) is 5.56 Å². The van der Waals surface area contributed by atoms with Crippen LogP contribution in [0.1, 0.15) is 15.9 Å². The number of amides is 1. The molecule has 0 fully saturated rings. The fraction of sp³-hybridized carbons (Fsp3) is 0.273. The van der Waals surface area contributed by atoms with Gasteiger partial charge in [0.15, 0.2) is 0 Å². The van der Waals surface area contributed by atoms with E-state index >= 15 is 0 Å². The summed E-state index contributed by atoms with van der Waals surface area (Å²) in [5.74, 6) is -0.806. The molecule has 1 aromatic rings. The van der Waals surface area contributed by atoms with E-state index in [0.29, 0.717) is 10.6 Å². The van der Waals surface area contributed by atoms with E-state index in [-0.39, 0.29) is 12.5 Å². The van der Waals surface area contributed by atoms with E-state index < -0.39 is 5.97 Å². The molecule has 0 radical (unpaired) electrons. The van der Waals surface area contributed by atoms with Gasteiger partial charge in [0, 0.05) is 10.6 Å². The molecule has 5 heteroatoms. The van der Waals surface area contributed by atoms with Crippen LogP contribution in [0.5, 0.6) is 0 Å². The van der Waals surface area contributed by atoms with Crippen molar-refractivity contribution < 1.29 is 14.3 Å². The van der Waals surface area contributed by atoms with Gasteiger partial charge in [-0.05, 0) is 30.7 Å². The minimum absolute atomic E-state index is 0.141. The number of methoxy groups -OCH3 is 1. The molecule has 0 heterocycles. The topological polar surface area (TPSA) is 55.4 Å². The maximum atomic E-state index is 11.6. The predicted octanol–water partition coefficient (Wildman–Crippen LogP) is 1.55. The van der Waals surface area contributed by atoms with Gasteiger partial charge in [0.2, 0.25) is 0 Å². The number of rotatable bonds is 3. The van der Waals surface area contributed by atoms with E-state index in [1.165, 1.54) is 7.11 Å². The summed E-state index contributed by atoms with van der Waals surface area (Å²) < 4.78 is 4.41. The average Bonchev–Trinajstić information content (AvgIpc) is 2.25. The number of ether oxygens (including phenoxy) is 1. The lowest BCUT2D eigenvalue weighted by Gasteiger charge is -2.06. The molecule has 0 atom stereocenters. The number of carbonyl (C=O) groups excluding carboxylic acids is 2. The van der Waals surface area contributed by atoms with Crippen molar-refractivity contribution in [3.63, 3.8) is 0 Å². The van der Waals surface area contributed by atoms with Crippen LogP contribution in [0.3, 0.4) is 0 Å². The van der Waals surface area contributed by atoms with Crippen molar-refractivity contribution in [1.82, 2.24) is 5.32 Å². The third-order valence-corrected chi connectivity index (χ3v) is 2.29. The maximum Gasteiger partial charge on any atom is 0.325 e. The highest BCUT2D eigenvalue weighted by Gasteiger charge is 2.10. The molecular formula is C11H12ClNO3. The monoisotopic (exact) mass is 241 g/mol. The Balaban J connectivity index is 2.70. The van der Waals surface area contributed by atoms with E-state index in [1.54, 1.807) is 25.1 Å². The zero-order chi connectivity index (χ0) is 12.1. The lowest BCUT2D eigenvalue weighted by Crippen LogP contribution is -2.30. The molecule has 0 aromatic heterocycles. The van der Waals surface area contributed by atoms with Crippen LogP contribution in [0.4, 0.5) is 0 Å². The predicted molar refractivity (Wildman–Crippen MR) is 60.5 cm³/mol. The summed E-state index contributed by atoms with van der Waals surface area (Å²) in [6.45, 7) is 1.64. The first-order valence-electron chi connectivity index (χ1n) is 4.65. The highest BCUT2D eigenvalue weighted by Crippen LogP contribution is 2.14. The molecule has 1 N–H and O–H groups in total. The minimum Gasteiger partial charge on any atom is -0.468 e. The van der Waals surface area contributed by atoms with Crippen molar-refractivity contribution in [2.45, 2.75) is 6.92 Å². The highest BCUT2D eigenvalue weighted by atomic mass is 35.5. The molecule has 0 saturated heterocycles. The van der Waals surface area contributed by atoms with Crippen LogP contribution >= 0.6 is 11.6 Å². The zero-order valence-corrected chi connectivity index (χ0v) is 9.80. The Morgan fingerprint density at radius 1 is 1.44 bits per heavy atom. The fourth-order valence-corrected chi connectivity index (χ4v) is 1.43. The zero-order valence-electron chi connectivity index (χ0n) is 9.04. The molecular weight excluding hydrogens is 230 g/mol. The van der Waals surface area contributed by atoms with Gasteiger partial charge in [0.05, 0.1) is 7.11 Å². The van der Waals surface area contributed by atoms with Crippen molar-refractivity contribution in [2.24, 2.45) is 0 Å². The maximum absolute atomic E-state index is 11.6. The van der Waals surface area contributed by atoms with Crippen molar-refractivity contribution in [3.05, 3.63) is 34.3 Å². The fourth-order valence-electron chi connectivity index (χ4n) is 1.20. The Morgan fingerprint density at radius 2 is 2.12 bits per heavy atom. The van der Waals surface area contributed by atoms with Crippen LogP contribution in [-0.2, 0) is 9.53 Å². The number of esters is 1. The Kier molecular flexibility index (Phi) is 4.31. The molecule has 0 saturated carbocycles. The third-order valence-electron chi connectivity index (χ3n) is 2.05. The summed E-state index contributed by atoms with van der Waals surface area (Å²) in [4.78, 5) is 22.5. The Bertz CT molecular complexity index is 418. The van der Waals surface area contributed by atoms with Crippen molar-refractivity contribution >= 4 is 23.5 Å². The number of nitrogens with one attached hydrogen (secondary N) is 1. The quantitative estimate of drug-likeness (QED) is 0.817. The molecule has 0 aliphatic heterocycles. The number of hydrogen-bond donors (Lipinski definition) is 1. The van der Waals surface area contributed by atoms with E-state index in [4.69, 9.17) is 11.6 Å². The van der Waals surface area contributed by atoms with Gasteiger partial charge in [-0.1, -0.05) is 11.6 Å². The molecule has 1 amide bonds. The molecule has 0 aliphatic carbocycles. The molecule has 0 spiro atoms. The van der Waals surface area contributed by atoms with Gasteiger partial charge in [-0.25, -0.2) is 0 Å². The van der Waals surface area contributed by atoms with Gasteiger partial charge in [-0.2, -0.15) is 0 Å². The second kappa shape index (κ2) is 5.51. The summed E-state index contributed by atoms with van der Waals surface area (Å²) in [5.41, 5.74) is 1.25. The Hall–Kier alpha value is -1.55. The minimum atomic E-state index is -0.486. The number of benzene rings is 1. The number of aryl methyl sites for hydroxylation is 1. The third kappa shape index (κ3) is 3.24. The van der Waals surface area contributed by atoms with Gasteiger partial charge in [-0.15, -0.1) is 0 Å². The summed E-state index contributed by atoms with van der Waals surface area (Å²) >= 11 is 5.77. The number of halogens is 1. The standard InChI is InChI=1S/C11H12ClNO3/c1-7-5-8(12)3-4-9(7)11(15)13-6-10(14)16-2/h3-5H,6H2,1-2H3,(H,13,15). The average molecular weight is 242 g/mol. The van der Waals surface area contributed by atoms with Crippen LogP contribution in [0.25, 0.3) is 0 Å². The first kappa shape index (κ1) is 12.5.